The Morgan fingerprint density at radius 2 is 1.81 bits per heavy atom. The van der Waals surface area contributed by atoms with Crippen LogP contribution in [0.5, 0.6) is 5.75 Å². The third-order valence-electron chi connectivity index (χ3n) is 5.11. The van der Waals surface area contributed by atoms with Crippen LogP contribution in [-0.2, 0) is 30.9 Å². The average molecular weight is 536 g/mol. The summed E-state index contributed by atoms with van der Waals surface area (Å²) < 4.78 is 43.4. The summed E-state index contributed by atoms with van der Waals surface area (Å²) in [6.45, 7) is 1.54. The van der Waals surface area contributed by atoms with Crippen LogP contribution in [0.4, 0.5) is 0 Å². The number of amides is 1. The normalized spacial score (nSPS) is 12.1. The Hall–Kier alpha value is -3.41. The van der Waals surface area contributed by atoms with E-state index in [2.05, 4.69) is 10.4 Å². The van der Waals surface area contributed by atoms with Crippen molar-refractivity contribution in [2.75, 3.05) is 19.5 Å². The molecule has 1 atom stereocenters. The molecule has 12 heteroatoms. The quantitative estimate of drug-likeness (QED) is 0.282. The molecule has 3 aromatic rings. The zero-order valence-electron chi connectivity index (χ0n) is 19.7. The minimum Gasteiger partial charge on any atom is -0.497 e. The molecule has 0 saturated carbocycles. The van der Waals surface area contributed by atoms with Crippen LogP contribution in [0.15, 0.2) is 54.6 Å². The standard InChI is InChI=1S/C24H26ClN3O7S/c1-3-35-24(30)21(15-36(31,32)33)26-23(29)13-8-18-14-22(16-4-6-17(25)7-5-16)28(27-18)19-9-11-20(34-2)12-10-19/h4-7,9-12,14,21H,3,8,13,15H2,1-2H3,(H,26,29)(H,31,32,33)/t21-/m0/s1. The average Bonchev–Trinajstić information content (AvgIpc) is 3.26. The van der Waals surface area contributed by atoms with Crippen LogP contribution in [0.1, 0.15) is 19.0 Å². The molecule has 0 bridgehead atoms. The van der Waals surface area contributed by atoms with Gasteiger partial charge in [-0.15, -0.1) is 0 Å². The predicted molar refractivity (Wildman–Crippen MR) is 134 cm³/mol. The lowest BCUT2D eigenvalue weighted by Crippen LogP contribution is -2.46. The fraction of sp³-hybridized carbons (Fsp3) is 0.292. The number of nitrogens with one attached hydrogen (secondary N) is 1. The smallest absolute Gasteiger partial charge is 0.329 e. The molecule has 2 aromatic carbocycles. The summed E-state index contributed by atoms with van der Waals surface area (Å²) in [6.07, 6.45) is 0.123. The molecule has 10 nitrogen and oxygen atoms in total. The first-order valence-corrected chi connectivity index (χ1v) is 13.0. The minimum absolute atomic E-state index is 0.00699. The molecule has 3 rings (SSSR count). The molecule has 0 fully saturated rings. The fourth-order valence-electron chi connectivity index (χ4n) is 3.43. The second kappa shape index (κ2) is 12.0. The van der Waals surface area contributed by atoms with E-state index in [1.165, 1.54) is 0 Å². The first-order chi connectivity index (χ1) is 17.1. The summed E-state index contributed by atoms with van der Waals surface area (Å²) >= 11 is 6.04. The Balaban J connectivity index is 1.81. The molecular weight excluding hydrogens is 510 g/mol. The van der Waals surface area contributed by atoms with Gasteiger partial charge in [0.25, 0.3) is 10.1 Å². The molecule has 0 unspecified atom stereocenters. The van der Waals surface area contributed by atoms with Crippen molar-refractivity contribution in [3.63, 3.8) is 0 Å². The van der Waals surface area contributed by atoms with Gasteiger partial charge >= 0.3 is 5.97 Å². The van der Waals surface area contributed by atoms with E-state index in [0.29, 0.717) is 16.5 Å². The highest BCUT2D eigenvalue weighted by Gasteiger charge is 2.27. The molecule has 1 heterocycles. The summed E-state index contributed by atoms with van der Waals surface area (Å²) in [6, 6.07) is 14.9. The van der Waals surface area contributed by atoms with Gasteiger partial charge in [0.2, 0.25) is 5.91 Å². The molecule has 0 aliphatic heterocycles. The van der Waals surface area contributed by atoms with Gasteiger partial charge in [-0.3, -0.25) is 9.35 Å². The number of aryl methyl sites for hydroxylation is 1. The van der Waals surface area contributed by atoms with E-state index < -0.39 is 33.8 Å². The van der Waals surface area contributed by atoms with Crippen molar-refractivity contribution in [3.8, 4) is 22.7 Å². The van der Waals surface area contributed by atoms with E-state index in [0.717, 1.165) is 16.9 Å². The van der Waals surface area contributed by atoms with Gasteiger partial charge in [-0.1, -0.05) is 23.7 Å². The number of esters is 1. The van der Waals surface area contributed by atoms with Gasteiger partial charge in [0.05, 0.1) is 30.8 Å². The number of rotatable bonds is 11. The Labute approximate surface area is 213 Å². The van der Waals surface area contributed by atoms with Gasteiger partial charge in [-0.2, -0.15) is 13.5 Å². The fourth-order valence-corrected chi connectivity index (χ4v) is 4.20. The predicted octanol–water partition coefficient (Wildman–Crippen LogP) is 3.07. The van der Waals surface area contributed by atoms with Crippen LogP contribution in [-0.4, -0.2) is 60.1 Å². The molecule has 0 radical (unpaired) electrons. The van der Waals surface area contributed by atoms with Crippen molar-refractivity contribution in [1.29, 1.82) is 0 Å². The Bertz CT molecular complexity index is 1310. The zero-order valence-corrected chi connectivity index (χ0v) is 21.3. The van der Waals surface area contributed by atoms with E-state index in [4.69, 9.17) is 25.6 Å². The molecule has 0 aliphatic carbocycles. The summed E-state index contributed by atoms with van der Waals surface area (Å²) in [5, 5.41) is 7.55. The lowest BCUT2D eigenvalue weighted by Gasteiger charge is -2.15. The number of carbonyl (C=O) groups excluding carboxylic acids is 2. The first-order valence-electron chi connectivity index (χ1n) is 11.0. The number of halogens is 1. The van der Waals surface area contributed by atoms with Crippen LogP contribution < -0.4 is 10.1 Å². The van der Waals surface area contributed by atoms with Crippen molar-refractivity contribution in [1.82, 2.24) is 15.1 Å². The van der Waals surface area contributed by atoms with Gasteiger partial charge < -0.3 is 14.8 Å². The summed E-state index contributed by atoms with van der Waals surface area (Å²) in [5.41, 5.74) is 2.98. The number of methoxy groups -OCH3 is 1. The maximum Gasteiger partial charge on any atom is 0.329 e. The highest BCUT2D eigenvalue weighted by atomic mass is 35.5. The lowest BCUT2D eigenvalue weighted by atomic mass is 10.1. The van der Waals surface area contributed by atoms with Gasteiger partial charge in [0, 0.05) is 23.4 Å². The monoisotopic (exact) mass is 535 g/mol. The second-order valence-electron chi connectivity index (χ2n) is 7.76. The molecule has 36 heavy (non-hydrogen) atoms. The van der Waals surface area contributed by atoms with Crippen molar-refractivity contribution in [3.05, 3.63) is 65.3 Å². The van der Waals surface area contributed by atoms with Crippen LogP contribution in [0.3, 0.4) is 0 Å². The van der Waals surface area contributed by atoms with E-state index in [1.807, 2.05) is 30.3 Å². The Kier molecular flexibility index (Phi) is 9.08. The van der Waals surface area contributed by atoms with Crippen LogP contribution in [0, 0.1) is 0 Å². The highest BCUT2D eigenvalue weighted by molar-refractivity contribution is 7.85. The number of hydrogen-bond donors (Lipinski definition) is 2. The van der Waals surface area contributed by atoms with E-state index in [9.17, 15) is 18.0 Å². The molecule has 0 aliphatic rings. The number of carbonyl (C=O) groups is 2. The van der Waals surface area contributed by atoms with E-state index >= 15 is 0 Å². The maximum atomic E-state index is 12.5. The van der Waals surface area contributed by atoms with E-state index in [-0.39, 0.29) is 19.4 Å². The van der Waals surface area contributed by atoms with Crippen molar-refractivity contribution < 1.29 is 32.0 Å². The van der Waals surface area contributed by atoms with Crippen molar-refractivity contribution in [2.24, 2.45) is 0 Å². The summed E-state index contributed by atoms with van der Waals surface area (Å²) in [5.74, 6) is -1.83. The number of nitrogens with zero attached hydrogens (tertiary/aromatic N) is 2. The molecule has 1 aromatic heterocycles. The number of aromatic nitrogens is 2. The summed E-state index contributed by atoms with van der Waals surface area (Å²) in [7, 11) is -2.94. The summed E-state index contributed by atoms with van der Waals surface area (Å²) in [4.78, 5) is 24.5. The number of hydrogen-bond acceptors (Lipinski definition) is 7. The third-order valence-corrected chi connectivity index (χ3v) is 6.12. The number of ether oxygens (including phenoxy) is 2. The lowest BCUT2D eigenvalue weighted by molar-refractivity contribution is -0.146. The third kappa shape index (κ3) is 7.54. The van der Waals surface area contributed by atoms with Crippen molar-refractivity contribution in [2.45, 2.75) is 25.8 Å². The van der Waals surface area contributed by atoms with Crippen LogP contribution in [0.25, 0.3) is 16.9 Å². The van der Waals surface area contributed by atoms with Gasteiger partial charge in [0.1, 0.15) is 17.5 Å². The van der Waals surface area contributed by atoms with Crippen LogP contribution in [0.2, 0.25) is 5.02 Å². The highest BCUT2D eigenvalue weighted by Crippen LogP contribution is 2.27. The van der Waals surface area contributed by atoms with Gasteiger partial charge in [-0.25, -0.2) is 9.48 Å². The molecule has 192 valence electrons. The molecule has 1 amide bonds. The molecule has 2 N–H and O–H groups in total. The number of benzene rings is 2. The first kappa shape index (κ1) is 27.2. The molecular formula is C24H26ClN3O7S. The topological polar surface area (TPSA) is 137 Å². The SMILES string of the molecule is CCOC(=O)[C@H](CS(=O)(=O)O)NC(=O)CCc1cc(-c2ccc(Cl)cc2)n(-c2ccc(OC)cc2)n1. The zero-order chi connectivity index (χ0) is 26.3. The van der Waals surface area contributed by atoms with Crippen LogP contribution >= 0.6 is 11.6 Å². The van der Waals surface area contributed by atoms with Gasteiger partial charge in [0.15, 0.2) is 0 Å². The van der Waals surface area contributed by atoms with Crippen molar-refractivity contribution >= 4 is 33.6 Å². The Morgan fingerprint density at radius 3 is 2.39 bits per heavy atom. The largest absolute Gasteiger partial charge is 0.497 e. The molecule has 0 spiro atoms. The van der Waals surface area contributed by atoms with Gasteiger partial charge in [-0.05, 0) is 49.4 Å². The molecule has 0 saturated heterocycles. The Morgan fingerprint density at radius 1 is 1.14 bits per heavy atom. The minimum atomic E-state index is -4.52. The van der Waals surface area contributed by atoms with E-state index in [1.54, 1.807) is 43.0 Å². The second-order valence-corrected chi connectivity index (χ2v) is 9.69. The maximum absolute atomic E-state index is 12.5.